The zero-order valence-electron chi connectivity index (χ0n) is 20.9. The average molecular weight is 518 g/mol. The Hall–Kier alpha value is -4.33. The number of amides is 3. The van der Waals surface area contributed by atoms with Gasteiger partial charge in [-0.15, -0.1) is 0 Å². The van der Waals surface area contributed by atoms with Crippen LogP contribution in [0, 0.1) is 11.6 Å². The molecule has 38 heavy (non-hydrogen) atoms. The van der Waals surface area contributed by atoms with Crippen LogP contribution in [0.25, 0.3) is 0 Å². The third-order valence-corrected chi connectivity index (χ3v) is 6.32. The SMILES string of the molecule is C[C@H](NC(=O)Cc1cc(F)cc(F)c1)C(=O)N[C@H]1CC=C[C@H](c2ccccc2)N(Cc2ccccc2)C1=O. The molecular weight excluding hydrogens is 488 g/mol. The smallest absolute Gasteiger partial charge is 0.246 e. The first-order valence-corrected chi connectivity index (χ1v) is 12.4. The first-order chi connectivity index (χ1) is 18.3. The second-order valence-electron chi connectivity index (χ2n) is 9.28. The van der Waals surface area contributed by atoms with Crippen LogP contribution >= 0.6 is 0 Å². The lowest BCUT2D eigenvalue weighted by molar-refractivity contribution is -0.138. The van der Waals surface area contributed by atoms with Crippen LogP contribution in [0.15, 0.2) is 91.0 Å². The lowest BCUT2D eigenvalue weighted by Gasteiger charge is -2.32. The molecule has 0 spiro atoms. The first kappa shape index (κ1) is 26.7. The molecule has 0 saturated carbocycles. The second kappa shape index (κ2) is 12.3. The summed E-state index contributed by atoms with van der Waals surface area (Å²) >= 11 is 0. The van der Waals surface area contributed by atoms with Gasteiger partial charge in [0.05, 0.1) is 12.5 Å². The van der Waals surface area contributed by atoms with Gasteiger partial charge in [0.25, 0.3) is 0 Å². The van der Waals surface area contributed by atoms with Crippen molar-refractivity contribution in [2.75, 3.05) is 0 Å². The molecule has 0 aliphatic carbocycles. The van der Waals surface area contributed by atoms with E-state index in [4.69, 9.17) is 0 Å². The standard InChI is InChI=1S/C30H29F2N3O3/c1-20(33-28(36)17-22-15-24(31)18-25(32)16-22)29(37)34-26-13-8-14-27(23-11-6-3-7-12-23)35(30(26)38)19-21-9-4-2-5-10-21/h2-12,14-16,18,20,26-27H,13,17,19H2,1H3,(H,33,36)(H,34,37)/t20-,26-,27+/m0/s1. The lowest BCUT2D eigenvalue weighted by Crippen LogP contribution is -2.53. The number of carbonyl (C=O) groups is 3. The van der Waals surface area contributed by atoms with Crippen molar-refractivity contribution < 1.29 is 23.2 Å². The quantitative estimate of drug-likeness (QED) is 0.439. The van der Waals surface area contributed by atoms with Crippen molar-refractivity contribution in [3.05, 3.63) is 119 Å². The van der Waals surface area contributed by atoms with Gasteiger partial charge in [-0.2, -0.15) is 0 Å². The van der Waals surface area contributed by atoms with Crippen LogP contribution in [0.1, 0.15) is 36.1 Å². The van der Waals surface area contributed by atoms with Crippen LogP contribution in [-0.2, 0) is 27.3 Å². The summed E-state index contributed by atoms with van der Waals surface area (Å²) in [7, 11) is 0. The van der Waals surface area contributed by atoms with Gasteiger partial charge in [-0.1, -0.05) is 72.8 Å². The lowest BCUT2D eigenvalue weighted by atomic mass is 10.0. The topological polar surface area (TPSA) is 78.5 Å². The summed E-state index contributed by atoms with van der Waals surface area (Å²) in [4.78, 5) is 40.8. The van der Waals surface area contributed by atoms with E-state index in [1.165, 1.54) is 6.92 Å². The zero-order valence-corrected chi connectivity index (χ0v) is 20.9. The van der Waals surface area contributed by atoms with Crippen molar-refractivity contribution in [3.8, 4) is 0 Å². The molecule has 0 bridgehead atoms. The Balaban J connectivity index is 1.45. The van der Waals surface area contributed by atoms with E-state index in [0.717, 1.165) is 29.3 Å². The van der Waals surface area contributed by atoms with Crippen LogP contribution in [0.3, 0.4) is 0 Å². The minimum Gasteiger partial charge on any atom is -0.344 e. The van der Waals surface area contributed by atoms with E-state index < -0.39 is 35.5 Å². The summed E-state index contributed by atoms with van der Waals surface area (Å²) in [5.41, 5.74) is 2.06. The number of halogens is 2. The van der Waals surface area contributed by atoms with Gasteiger partial charge in [0.1, 0.15) is 23.7 Å². The zero-order chi connectivity index (χ0) is 27.1. The molecule has 0 fully saturated rings. The van der Waals surface area contributed by atoms with Crippen LogP contribution < -0.4 is 10.6 Å². The third-order valence-electron chi connectivity index (χ3n) is 6.32. The van der Waals surface area contributed by atoms with Gasteiger partial charge in [-0.05, 0) is 42.2 Å². The average Bonchev–Trinajstić information content (AvgIpc) is 3.03. The largest absolute Gasteiger partial charge is 0.344 e. The van der Waals surface area contributed by atoms with Gasteiger partial charge in [-0.25, -0.2) is 8.78 Å². The van der Waals surface area contributed by atoms with Crippen LogP contribution in [-0.4, -0.2) is 34.7 Å². The van der Waals surface area contributed by atoms with Crippen molar-refractivity contribution in [3.63, 3.8) is 0 Å². The number of hydrogen-bond acceptors (Lipinski definition) is 3. The normalized spacial score (nSPS) is 18.0. The Morgan fingerprint density at radius 3 is 2.24 bits per heavy atom. The Bertz CT molecular complexity index is 1290. The van der Waals surface area contributed by atoms with E-state index in [2.05, 4.69) is 10.6 Å². The second-order valence-corrected chi connectivity index (χ2v) is 9.28. The molecule has 8 heteroatoms. The molecule has 0 radical (unpaired) electrons. The van der Waals surface area contributed by atoms with E-state index >= 15 is 0 Å². The highest BCUT2D eigenvalue weighted by Gasteiger charge is 2.33. The van der Waals surface area contributed by atoms with E-state index in [1.54, 1.807) is 4.90 Å². The number of benzene rings is 3. The molecule has 196 valence electrons. The fraction of sp³-hybridized carbons (Fsp3) is 0.233. The van der Waals surface area contributed by atoms with Crippen molar-refractivity contribution in [1.82, 2.24) is 15.5 Å². The van der Waals surface area contributed by atoms with Gasteiger partial charge < -0.3 is 15.5 Å². The summed E-state index contributed by atoms with van der Waals surface area (Å²) in [6, 6.07) is 20.0. The molecule has 0 aromatic heterocycles. The van der Waals surface area contributed by atoms with Crippen LogP contribution in [0.2, 0.25) is 0 Å². The Kier molecular flexibility index (Phi) is 8.63. The number of carbonyl (C=O) groups excluding carboxylic acids is 3. The Labute approximate surface area is 220 Å². The molecule has 1 heterocycles. The Morgan fingerprint density at radius 1 is 0.947 bits per heavy atom. The number of nitrogens with zero attached hydrogens (tertiary/aromatic N) is 1. The fourth-order valence-electron chi connectivity index (χ4n) is 4.46. The Morgan fingerprint density at radius 2 is 1.58 bits per heavy atom. The summed E-state index contributed by atoms with van der Waals surface area (Å²) < 4.78 is 26.9. The first-order valence-electron chi connectivity index (χ1n) is 12.4. The molecular formula is C30H29F2N3O3. The van der Waals surface area contributed by atoms with Gasteiger partial charge in [-0.3, -0.25) is 14.4 Å². The van der Waals surface area contributed by atoms with Gasteiger partial charge in [0.2, 0.25) is 17.7 Å². The fourth-order valence-corrected chi connectivity index (χ4v) is 4.46. The number of hydrogen-bond donors (Lipinski definition) is 2. The van der Waals surface area contributed by atoms with Crippen molar-refractivity contribution in [2.45, 2.75) is 44.4 Å². The predicted molar refractivity (Wildman–Crippen MR) is 140 cm³/mol. The highest BCUT2D eigenvalue weighted by molar-refractivity contribution is 5.92. The number of nitrogens with one attached hydrogen (secondary N) is 2. The van der Waals surface area contributed by atoms with Crippen LogP contribution in [0.4, 0.5) is 8.78 Å². The highest BCUT2D eigenvalue weighted by atomic mass is 19.1. The molecule has 3 aromatic rings. The molecule has 3 aromatic carbocycles. The third kappa shape index (κ3) is 6.91. The van der Waals surface area contributed by atoms with Gasteiger partial charge in [0.15, 0.2) is 0 Å². The molecule has 1 aliphatic rings. The van der Waals surface area contributed by atoms with Crippen molar-refractivity contribution in [2.24, 2.45) is 0 Å². The van der Waals surface area contributed by atoms with E-state index in [0.29, 0.717) is 13.0 Å². The molecule has 0 unspecified atom stereocenters. The maximum Gasteiger partial charge on any atom is 0.246 e. The maximum absolute atomic E-state index is 13.7. The monoisotopic (exact) mass is 517 g/mol. The summed E-state index contributed by atoms with van der Waals surface area (Å²) in [5.74, 6) is -2.91. The minimum absolute atomic E-state index is 0.153. The van der Waals surface area contributed by atoms with Gasteiger partial charge >= 0.3 is 0 Å². The van der Waals surface area contributed by atoms with Gasteiger partial charge in [0, 0.05) is 12.6 Å². The highest BCUT2D eigenvalue weighted by Crippen LogP contribution is 2.28. The summed E-state index contributed by atoms with van der Waals surface area (Å²) in [6.45, 7) is 1.84. The van der Waals surface area contributed by atoms with E-state index in [-0.39, 0.29) is 23.9 Å². The molecule has 0 saturated heterocycles. The molecule has 1 aliphatic heterocycles. The predicted octanol–water partition coefficient (Wildman–Crippen LogP) is 4.23. The van der Waals surface area contributed by atoms with E-state index in [1.807, 2.05) is 72.8 Å². The summed E-state index contributed by atoms with van der Waals surface area (Å²) in [5, 5.41) is 5.30. The molecule has 3 amide bonds. The summed E-state index contributed by atoms with van der Waals surface area (Å²) in [6.07, 6.45) is 3.85. The molecule has 3 atom stereocenters. The van der Waals surface area contributed by atoms with Crippen LogP contribution in [0.5, 0.6) is 0 Å². The molecule has 2 N–H and O–H groups in total. The van der Waals surface area contributed by atoms with E-state index in [9.17, 15) is 23.2 Å². The van der Waals surface area contributed by atoms with Crippen molar-refractivity contribution in [1.29, 1.82) is 0 Å². The van der Waals surface area contributed by atoms with Crippen molar-refractivity contribution >= 4 is 17.7 Å². The molecule has 4 rings (SSSR count). The maximum atomic E-state index is 13.7. The molecule has 6 nitrogen and oxygen atoms in total. The minimum atomic E-state index is -0.964. The number of rotatable bonds is 8.